The summed E-state index contributed by atoms with van der Waals surface area (Å²) < 4.78 is 0. The maximum absolute atomic E-state index is 11.5. The second kappa shape index (κ2) is 6.60. The predicted molar refractivity (Wildman–Crippen MR) is 77.3 cm³/mol. The Bertz CT molecular complexity index is 572. The fraction of sp³-hybridized carbons (Fsp3) is 0.250. The molecular formula is C12H13ClN4OS. The highest BCUT2D eigenvalue weighted by molar-refractivity contribution is 7.18. The highest BCUT2D eigenvalue weighted by atomic mass is 35.5. The van der Waals surface area contributed by atoms with Crippen molar-refractivity contribution in [3.05, 3.63) is 29.3 Å². The summed E-state index contributed by atoms with van der Waals surface area (Å²) in [5, 5.41) is 12.4. The van der Waals surface area contributed by atoms with E-state index in [0.717, 1.165) is 5.56 Å². The Hall–Kier alpha value is -1.50. The minimum atomic E-state index is -0.104. The Labute approximate surface area is 119 Å². The molecule has 3 N–H and O–H groups in total. The number of nitrogens with zero attached hydrogens (tertiary/aromatic N) is 2. The minimum absolute atomic E-state index is 0.104. The number of anilines is 1. The quantitative estimate of drug-likeness (QED) is 0.888. The van der Waals surface area contributed by atoms with Crippen molar-refractivity contribution in [1.29, 1.82) is 0 Å². The molecule has 1 heterocycles. The van der Waals surface area contributed by atoms with Gasteiger partial charge >= 0.3 is 0 Å². The number of rotatable bonds is 5. The van der Waals surface area contributed by atoms with Crippen molar-refractivity contribution in [3.8, 4) is 10.6 Å². The van der Waals surface area contributed by atoms with Gasteiger partial charge in [0.1, 0.15) is 0 Å². The first-order chi connectivity index (χ1) is 9.20. The van der Waals surface area contributed by atoms with Crippen molar-refractivity contribution in [3.63, 3.8) is 0 Å². The first kappa shape index (κ1) is 13.9. The van der Waals surface area contributed by atoms with E-state index in [4.69, 9.17) is 17.3 Å². The Morgan fingerprint density at radius 2 is 2.16 bits per heavy atom. The van der Waals surface area contributed by atoms with Crippen LogP contribution in [0.5, 0.6) is 0 Å². The van der Waals surface area contributed by atoms with Gasteiger partial charge in [-0.05, 0) is 19.0 Å². The van der Waals surface area contributed by atoms with E-state index in [1.165, 1.54) is 11.3 Å². The molecule has 0 saturated heterocycles. The third-order valence-corrected chi connectivity index (χ3v) is 3.59. The number of carbonyl (C=O) groups is 1. The van der Waals surface area contributed by atoms with Gasteiger partial charge in [-0.25, -0.2) is 0 Å². The number of hydrogen-bond acceptors (Lipinski definition) is 5. The Balaban J connectivity index is 2.07. The van der Waals surface area contributed by atoms with E-state index in [9.17, 15) is 4.79 Å². The van der Waals surface area contributed by atoms with Crippen LogP contribution in [-0.4, -0.2) is 22.6 Å². The third-order valence-electron chi connectivity index (χ3n) is 2.38. The van der Waals surface area contributed by atoms with E-state index in [0.29, 0.717) is 34.5 Å². The number of aromatic nitrogens is 2. The lowest BCUT2D eigenvalue weighted by molar-refractivity contribution is -0.116. The van der Waals surface area contributed by atoms with Crippen molar-refractivity contribution in [2.75, 3.05) is 11.9 Å². The number of halogens is 1. The summed E-state index contributed by atoms with van der Waals surface area (Å²) >= 11 is 7.37. The number of benzene rings is 1. The zero-order valence-electron chi connectivity index (χ0n) is 10.1. The zero-order chi connectivity index (χ0) is 13.7. The van der Waals surface area contributed by atoms with E-state index < -0.39 is 0 Å². The molecule has 0 fully saturated rings. The minimum Gasteiger partial charge on any atom is -0.330 e. The van der Waals surface area contributed by atoms with E-state index in [1.807, 2.05) is 18.2 Å². The lowest BCUT2D eigenvalue weighted by Gasteiger charge is -1.99. The molecule has 0 radical (unpaired) electrons. The molecule has 0 unspecified atom stereocenters. The molecular weight excluding hydrogens is 284 g/mol. The normalized spacial score (nSPS) is 10.4. The maximum Gasteiger partial charge on any atom is 0.226 e. The van der Waals surface area contributed by atoms with Gasteiger partial charge in [0.2, 0.25) is 11.0 Å². The van der Waals surface area contributed by atoms with Crippen molar-refractivity contribution in [2.24, 2.45) is 5.73 Å². The van der Waals surface area contributed by atoms with E-state index in [2.05, 4.69) is 15.5 Å². The summed E-state index contributed by atoms with van der Waals surface area (Å²) in [5.41, 5.74) is 6.16. The van der Waals surface area contributed by atoms with Crippen LogP contribution in [0.2, 0.25) is 5.02 Å². The van der Waals surface area contributed by atoms with Gasteiger partial charge < -0.3 is 11.1 Å². The summed E-state index contributed by atoms with van der Waals surface area (Å²) in [6.07, 6.45) is 1.04. The van der Waals surface area contributed by atoms with Gasteiger partial charge in [0, 0.05) is 12.0 Å². The Morgan fingerprint density at radius 1 is 1.37 bits per heavy atom. The van der Waals surface area contributed by atoms with Crippen LogP contribution in [0.25, 0.3) is 10.6 Å². The van der Waals surface area contributed by atoms with E-state index in [-0.39, 0.29) is 5.91 Å². The van der Waals surface area contributed by atoms with Crippen molar-refractivity contribution >= 4 is 34.0 Å². The summed E-state index contributed by atoms with van der Waals surface area (Å²) in [6.45, 7) is 0.494. The summed E-state index contributed by atoms with van der Waals surface area (Å²) in [6, 6.07) is 7.38. The number of carbonyl (C=O) groups excluding carboxylic acids is 1. The average Bonchev–Trinajstić information content (AvgIpc) is 2.85. The van der Waals surface area contributed by atoms with E-state index >= 15 is 0 Å². The lowest BCUT2D eigenvalue weighted by atomic mass is 10.2. The number of nitrogens with one attached hydrogen (secondary N) is 1. The predicted octanol–water partition coefficient (Wildman–Crippen LogP) is 2.54. The standard InChI is InChI=1S/C12H13ClN4OS/c13-9-5-2-1-4-8(9)11-16-17-12(19-11)15-10(18)6-3-7-14/h1-2,4-5H,3,6-7,14H2,(H,15,17,18). The highest BCUT2D eigenvalue weighted by Crippen LogP contribution is 2.31. The van der Waals surface area contributed by atoms with Gasteiger partial charge in [-0.2, -0.15) is 0 Å². The molecule has 1 aromatic heterocycles. The van der Waals surface area contributed by atoms with Gasteiger partial charge in [0.05, 0.1) is 5.02 Å². The van der Waals surface area contributed by atoms with Gasteiger partial charge in [0.15, 0.2) is 5.01 Å². The smallest absolute Gasteiger partial charge is 0.226 e. The fourth-order valence-corrected chi connectivity index (χ4v) is 2.54. The highest BCUT2D eigenvalue weighted by Gasteiger charge is 2.11. The molecule has 0 spiro atoms. The molecule has 1 amide bonds. The number of amides is 1. The van der Waals surface area contributed by atoms with Crippen LogP contribution in [0.1, 0.15) is 12.8 Å². The SMILES string of the molecule is NCCCC(=O)Nc1nnc(-c2ccccc2Cl)s1. The molecule has 0 aliphatic heterocycles. The van der Waals surface area contributed by atoms with Crippen LogP contribution >= 0.6 is 22.9 Å². The van der Waals surface area contributed by atoms with Crippen LogP contribution in [0.3, 0.4) is 0 Å². The molecule has 0 atom stereocenters. The monoisotopic (exact) mass is 296 g/mol. The molecule has 19 heavy (non-hydrogen) atoms. The van der Waals surface area contributed by atoms with Crippen molar-refractivity contribution in [1.82, 2.24) is 10.2 Å². The molecule has 0 aliphatic rings. The summed E-state index contributed by atoms with van der Waals surface area (Å²) in [4.78, 5) is 11.5. The average molecular weight is 297 g/mol. The van der Waals surface area contributed by atoms with Gasteiger partial charge in [-0.15, -0.1) is 10.2 Å². The van der Waals surface area contributed by atoms with E-state index in [1.54, 1.807) is 6.07 Å². The van der Waals surface area contributed by atoms with Gasteiger partial charge in [-0.1, -0.05) is 41.1 Å². The molecule has 0 bridgehead atoms. The number of nitrogens with two attached hydrogens (primary N) is 1. The van der Waals surface area contributed by atoms with Gasteiger partial charge in [0.25, 0.3) is 0 Å². The van der Waals surface area contributed by atoms with Crippen LogP contribution < -0.4 is 11.1 Å². The Morgan fingerprint density at radius 3 is 2.89 bits per heavy atom. The molecule has 2 rings (SSSR count). The molecule has 0 saturated carbocycles. The Kier molecular flexibility index (Phi) is 4.84. The molecule has 5 nitrogen and oxygen atoms in total. The van der Waals surface area contributed by atoms with Crippen LogP contribution in [-0.2, 0) is 4.79 Å². The molecule has 2 aromatic rings. The lowest BCUT2D eigenvalue weighted by Crippen LogP contribution is -2.13. The van der Waals surface area contributed by atoms with Crippen LogP contribution in [0, 0.1) is 0 Å². The van der Waals surface area contributed by atoms with Crippen molar-refractivity contribution in [2.45, 2.75) is 12.8 Å². The maximum atomic E-state index is 11.5. The molecule has 0 aliphatic carbocycles. The molecule has 7 heteroatoms. The first-order valence-electron chi connectivity index (χ1n) is 5.79. The zero-order valence-corrected chi connectivity index (χ0v) is 11.7. The largest absolute Gasteiger partial charge is 0.330 e. The second-order valence-corrected chi connectivity index (χ2v) is 5.22. The topological polar surface area (TPSA) is 80.9 Å². The first-order valence-corrected chi connectivity index (χ1v) is 6.98. The number of hydrogen-bond donors (Lipinski definition) is 2. The summed E-state index contributed by atoms with van der Waals surface area (Å²) in [5.74, 6) is -0.104. The van der Waals surface area contributed by atoms with Crippen LogP contribution in [0.4, 0.5) is 5.13 Å². The summed E-state index contributed by atoms with van der Waals surface area (Å²) in [7, 11) is 0. The van der Waals surface area contributed by atoms with Crippen LogP contribution in [0.15, 0.2) is 24.3 Å². The van der Waals surface area contributed by atoms with Gasteiger partial charge in [-0.3, -0.25) is 4.79 Å². The third kappa shape index (κ3) is 3.73. The molecule has 1 aromatic carbocycles. The van der Waals surface area contributed by atoms with Crippen molar-refractivity contribution < 1.29 is 4.79 Å². The fourth-order valence-electron chi connectivity index (χ4n) is 1.46. The second-order valence-electron chi connectivity index (χ2n) is 3.83. The molecule has 100 valence electrons.